The van der Waals surface area contributed by atoms with Crippen LogP contribution in [0.5, 0.6) is 0 Å². The first kappa shape index (κ1) is 17.4. The molecule has 3 aromatic rings. The van der Waals surface area contributed by atoms with Crippen molar-refractivity contribution in [3.05, 3.63) is 64.1 Å². The third kappa shape index (κ3) is 4.35. The molecule has 8 heteroatoms. The first-order valence-corrected chi connectivity index (χ1v) is 8.36. The van der Waals surface area contributed by atoms with E-state index in [2.05, 4.69) is 20.7 Å². The molecule has 128 valence electrons. The van der Waals surface area contributed by atoms with Crippen LogP contribution in [0.15, 0.2) is 48.5 Å². The highest BCUT2D eigenvalue weighted by atomic mass is 35.5. The quantitative estimate of drug-likeness (QED) is 0.740. The van der Waals surface area contributed by atoms with E-state index in [4.69, 9.17) is 23.2 Å². The molecule has 0 aliphatic heterocycles. The van der Waals surface area contributed by atoms with Crippen LogP contribution in [0.3, 0.4) is 0 Å². The Bertz CT molecular complexity index is 882. The average Bonchev–Trinajstić information content (AvgIpc) is 3.03. The number of hydrogen-bond acceptors (Lipinski definition) is 4. The molecule has 0 aliphatic rings. The second kappa shape index (κ2) is 7.63. The summed E-state index contributed by atoms with van der Waals surface area (Å²) in [7, 11) is 0. The van der Waals surface area contributed by atoms with Crippen LogP contribution in [0, 0.1) is 0 Å². The Kier molecular flexibility index (Phi) is 5.31. The van der Waals surface area contributed by atoms with Gasteiger partial charge in [-0.3, -0.25) is 4.79 Å². The summed E-state index contributed by atoms with van der Waals surface area (Å²) in [6, 6.07) is 14.3. The minimum Gasteiger partial charge on any atom is -0.348 e. The maximum absolute atomic E-state index is 12.2. The van der Waals surface area contributed by atoms with E-state index in [1.165, 1.54) is 4.80 Å². The van der Waals surface area contributed by atoms with Crippen molar-refractivity contribution < 1.29 is 4.79 Å². The zero-order chi connectivity index (χ0) is 17.8. The Hall–Kier alpha value is -2.44. The molecule has 0 bridgehead atoms. The SMILES string of the molecule is CC(NC(=O)Cn1nnc(-c2ccccc2)n1)c1ccc(Cl)cc1Cl. The molecule has 0 radical (unpaired) electrons. The molecule has 1 unspecified atom stereocenters. The van der Waals surface area contributed by atoms with Gasteiger partial charge in [-0.2, -0.15) is 4.80 Å². The Morgan fingerprint density at radius 2 is 1.96 bits per heavy atom. The van der Waals surface area contributed by atoms with Gasteiger partial charge in [0.05, 0.1) is 6.04 Å². The summed E-state index contributed by atoms with van der Waals surface area (Å²) in [6.45, 7) is 1.81. The van der Waals surface area contributed by atoms with Gasteiger partial charge in [0.25, 0.3) is 0 Å². The van der Waals surface area contributed by atoms with Gasteiger partial charge >= 0.3 is 0 Å². The molecule has 1 N–H and O–H groups in total. The lowest BCUT2D eigenvalue weighted by Crippen LogP contribution is -2.31. The van der Waals surface area contributed by atoms with Crippen LogP contribution in [0.2, 0.25) is 10.0 Å². The normalized spacial score (nSPS) is 12.0. The second-order valence-corrected chi connectivity index (χ2v) is 6.31. The Morgan fingerprint density at radius 1 is 1.20 bits per heavy atom. The summed E-state index contributed by atoms with van der Waals surface area (Å²) in [5.41, 5.74) is 1.63. The second-order valence-electron chi connectivity index (χ2n) is 5.46. The molecule has 0 spiro atoms. The lowest BCUT2D eigenvalue weighted by atomic mass is 10.1. The molecule has 3 rings (SSSR count). The summed E-state index contributed by atoms with van der Waals surface area (Å²) in [4.78, 5) is 13.5. The van der Waals surface area contributed by atoms with Crippen LogP contribution >= 0.6 is 23.2 Å². The first-order chi connectivity index (χ1) is 12.0. The van der Waals surface area contributed by atoms with Gasteiger partial charge in [-0.05, 0) is 29.8 Å². The van der Waals surface area contributed by atoms with Gasteiger partial charge in [-0.1, -0.05) is 59.6 Å². The number of hydrogen-bond donors (Lipinski definition) is 1. The van der Waals surface area contributed by atoms with Crippen LogP contribution in [-0.2, 0) is 11.3 Å². The monoisotopic (exact) mass is 375 g/mol. The number of rotatable bonds is 5. The molecular weight excluding hydrogens is 361 g/mol. The van der Waals surface area contributed by atoms with Crippen molar-refractivity contribution in [1.82, 2.24) is 25.5 Å². The van der Waals surface area contributed by atoms with Crippen molar-refractivity contribution >= 4 is 29.1 Å². The summed E-state index contributed by atoms with van der Waals surface area (Å²) < 4.78 is 0. The van der Waals surface area contributed by atoms with Crippen LogP contribution in [-0.4, -0.2) is 26.1 Å². The fraction of sp³-hybridized carbons (Fsp3) is 0.176. The average molecular weight is 376 g/mol. The number of carbonyl (C=O) groups excluding carboxylic acids is 1. The van der Waals surface area contributed by atoms with Crippen LogP contribution in [0.25, 0.3) is 11.4 Å². The topological polar surface area (TPSA) is 72.7 Å². The van der Waals surface area contributed by atoms with Crippen molar-refractivity contribution in [2.45, 2.75) is 19.5 Å². The number of nitrogens with zero attached hydrogens (tertiary/aromatic N) is 4. The van der Waals surface area contributed by atoms with E-state index in [0.717, 1.165) is 11.1 Å². The lowest BCUT2D eigenvalue weighted by Gasteiger charge is -2.15. The standard InChI is InChI=1S/C17H15Cl2N5O/c1-11(14-8-7-13(18)9-15(14)19)20-16(25)10-24-22-17(21-23-24)12-5-3-2-4-6-12/h2-9,11H,10H2,1H3,(H,20,25). The molecule has 2 aromatic carbocycles. The molecule has 0 saturated heterocycles. The fourth-order valence-corrected chi connectivity index (χ4v) is 2.93. The van der Waals surface area contributed by atoms with E-state index >= 15 is 0 Å². The minimum atomic E-state index is -0.269. The Morgan fingerprint density at radius 3 is 2.68 bits per heavy atom. The molecule has 6 nitrogen and oxygen atoms in total. The van der Waals surface area contributed by atoms with E-state index in [9.17, 15) is 4.79 Å². The van der Waals surface area contributed by atoms with Crippen molar-refractivity contribution in [2.24, 2.45) is 0 Å². The van der Waals surface area contributed by atoms with E-state index in [0.29, 0.717) is 15.9 Å². The first-order valence-electron chi connectivity index (χ1n) is 7.60. The van der Waals surface area contributed by atoms with Crippen molar-refractivity contribution in [1.29, 1.82) is 0 Å². The molecule has 0 saturated carbocycles. The molecule has 1 heterocycles. The maximum atomic E-state index is 12.2. The van der Waals surface area contributed by atoms with Gasteiger partial charge in [0.1, 0.15) is 6.54 Å². The van der Waals surface area contributed by atoms with Gasteiger partial charge < -0.3 is 5.32 Å². The van der Waals surface area contributed by atoms with Crippen molar-refractivity contribution in [3.8, 4) is 11.4 Å². The largest absolute Gasteiger partial charge is 0.348 e. The lowest BCUT2D eigenvalue weighted by molar-refractivity contribution is -0.122. The predicted octanol–water partition coefficient (Wildman–Crippen LogP) is 3.52. The predicted molar refractivity (Wildman–Crippen MR) is 96.3 cm³/mol. The van der Waals surface area contributed by atoms with Crippen LogP contribution < -0.4 is 5.32 Å². The number of aromatic nitrogens is 4. The van der Waals surface area contributed by atoms with Gasteiger partial charge in [0.15, 0.2) is 0 Å². The van der Waals surface area contributed by atoms with Crippen molar-refractivity contribution in [3.63, 3.8) is 0 Å². The number of tetrazole rings is 1. The number of amides is 1. The Labute approximate surface area is 154 Å². The highest BCUT2D eigenvalue weighted by Gasteiger charge is 2.15. The third-order valence-corrected chi connectivity index (χ3v) is 4.14. The van der Waals surface area contributed by atoms with E-state index in [-0.39, 0.29) is 18.5 Å². The number of nitrogens with one attached hydrogen (secondary N) is 1. The highest BCUT2D eigenvalue weighted by molar-refractivity contribution is 6.35. The summed E-state index contributed by atoms with van der Waals surface area (Å²) in [5.74, 6) is 0.234. The summed E-state index contributed by atoms with van der Waals surface area (Å²) in [6.07, 6.45) is 0. The Balaban J connectivity index is 1.64. The molecule has 0 fully saturated rings. The van der Waals surface area contributed by atoms with Gasteiger partial charge in [-0.25, -0.2) is 0 Å². The van der Waals surface area contributed by atoms with Gasteiger partial charge in [-0.15, -0.1) is 10.2 Å². The van der Waals surface area contributed by atoms with Crippen LogP contribution in [0.1, 0.15) is 18.5 Å². The molecule has 1 atom stereocenters. The van der Waals surface area contributed by atoms with E-state index in [1.54, 1.807) is 18.2 Å². The number of carbonyl (C=O) groups is 1. The molecule has 25 heavy (non-hydrogen) atoms. The van der Waals surface area contributed by atoms with Crippen molar-refractivity contribution in [2.75, 3.05) is 0 Å². The smallest absolute Gasteiger partial charge is 0.244 e. The van der Waals surface area contributed by atoms with Crippen LogP contribution in [0.4, 0.5) is 0 Å². The van der Waals surface area contributed by atoms with Gasteiger partial charge in [0.2, 0.25) is 11.7 Å². The molecule has 1 aromatic heterocycles. The number of halogens is 2. The zero-order valence-electron chi connectivity index (χ0n) is 13.4. The molecular formula is C17H15Cl2N5O. The molecule has 1 amide bonds. The number of benzene rings is 2. The van der Waals surface area contributed by atoms with E-state index in [1.807, 2.05) is 37.3 Å². The highest BCUT2D eigenvalue weighted by Crippen LogP contribution is 2.26. The molecule has 0 aliphatic carbocycles. The minimum absolute atomic E-state index is 0.0324. The summed E-state index contributed by atoms with van der Waals surface area (Å²) in [5, 5.41) is 16.0. The van der Waals surface area contributed by atoms with E-state index < -0.39 is 0 Å². The third-order valence-electron chi connectivity index (χ3n) is 3.58. The van der Waals surface area contributed by atoms with Gasteiger partial charge in [0, 0.05) is 15.6 Å². The fourth-order valence-electron chi connectivity index (χ4n) is 2.36. The maximum Gasteiger partial charge on any atom is 0.244 e. The zero-order valence-corrected chi connectivity index (χ0v) is 14.9. The summed E-state index contributed by atoms with van der Waals surface area (Å²) >= 11 is 12.1.